The second kappa shape index (κ2) is 6.98. The van der Waals surface area contributed by atoms with Crippen molar-refractivity contribution in [1.82, 2.24) is 10.6 Å². The number of carbonyl (C=O) groups excluding carboxylic acids is 1. The fourth-order valence-corrected chi connectivity index (χ4v) is 1.64. The Morgan fingerprint density at radius 3 is 2.61 bits per heavy atom. The van der Waals surface area contributed by atoms with Gasteiger partial charge in [0.15, 0.2) is 0 Å². The molecule has 1 amide bonds. The number of aliphatic carboxylic acids is 1. The summed E-state index contributed by atoms with van der Waals surface area (Å²) in [7, 11) is 0. The lowest BCUT2D eigenvalue weighted by Crippen LogP contribution is -2.46. The summed E-state index contributed by atoms with van der Waals surface area (Å²) in [5, 5.41) is 14.8. The highest BCUT2D eigenvalue weighted by Crippen LogP contribution is 2.14. The molecule has 1 aromatic rings. The summed E-state index contributed by atoms with van der Waals surface area (Å²) in [5.41, 5.74) is 0.881. The topological polar surface area (TPSA) is 78.4 Å². The minimum absolute atomic E-state index is 0.139. The monoisotopic (exact) mass is 270 g/mol. The molecule has 3 N–H and O–H groups in total. The van der Waals surface area contributed by atoms with Crippen molar-refractivity contribution in [3.05, 3.63) is 34.9 Å². The van der Waals surface area contributed by atoms with Crippen LogP contribution in [0.25, 0.3) is 0 Å². The predicted molar refractivity (Wildman–Crippen MR) is 68.4 cm³/mol. The van der Waals surface area contributed by atoms with E-state index in [1.54, 1.807) is 6.07 Å². The zero-order valence-electron chi connectivity index (χ0n) is 9.94. The van der Waals surface area contributed by atoms with Gasteiger partial charge in [-0.2, -0.15) is 0 Å². The van der Waals surface area contributed by atoms with Crippen molar-refractivity contribution in [2.75, 3.05) is 6.54 Å². The van der Waals surface area contributed by atoms with E-state index < -0.39 is 12.0 Å². The van der Waals surface area contributed by atoms with Crippen LogP contribution in [-0.4, -0.2) is 29.6 Å². The van der Waals surface area contributed by atoms with Crippen LogP contribution in [-0.2, 0) is 16.1 Å². The lowest BCUT2D eigenvalue weighted by atomic mass is 10.2. The van der Waals surface area contributed by atoms with Crippen LogP contribution in [0, 0.1) is 0 Å². The Balaban J connectivity index is 2.46. The average molecular weight is 271 g/mol. The standard InChI is InChI=1S/C12H15ClN2O3/c1-8(16)15-11(12(17)18)7-14-6-9-4-2-3-5-10(9)13/h2-5,11,14H,6-7H2,1H3,(H,15,16)(H,17,18). The van der Waals surface area contributed by atoms with Crippen molar-refractivity contribution >= 4 is 23.5 Å². The summed E-state index contributed by atoms with van der Waals surface area (Å²) < 4.78 is 0. The number of rotatable bonds is 6. The van der Waals surface area contributed by atoms with Crippen molar-refractivity contribution in [2.24, 2.45) is 0 Å². The molecule has 0 bridgehead atoms. The maximum atomic E-state index is 10.9. The van der Waals surface area contributed by atoms with Gasteiger partial charge in [-0.25, -0.2) is 4.79 Å². The van der Waals surface area contributed by atoms with Crippen LogP contribution in [0.15, 0.2) is 24.3 Å². The normalized spacial score (nSPS) is 11.9. The Morgan fingerprint density at radius 1 is 1.39 bits per heavy atom. The highest BCUT2D eigenvalue weighted by atomic mass is 35.5. The van der Waals surface area contributed by atoms with Gasteiger partial charge in [-0.15, -0.1) is 0 Å². The minimum Gasteiger partial charge on any atom is -0.480 e. The molecule has 0 aromatic heterocycles. The van der Waals surface area contributed by atoms with Gasteiger partial charge in [0.25, 0.3) is 0 Å². The molecule has 1 rings (SSSR count). The van der Waals surface area contributed by atoms with Gasteiger partial charge >= 0.3 is 5.97 Å². The van der Waals surface area contributed by atoms with E-state index in [2.05, 4.69) is 10.6 Å². The number of hydrogen-bond acceptors (Lipinski definition) is 3. The molecule has 0 saturated carbocycles. The molecule has 0 spiro atoms. The van der Waals surface area contributed by atoms with E-state index in [9.17, 15) is 9.59 Å². The first-order valence-corrected chi connectivity index (χ1v) is 5.82. The summed E-state index contributed by atoms with van der Waals surface area (Å²) in [5.74, 6) is -1.45. The van der Waals surface area contributed by atoms with Gasteiger partial charge in [0, 0.05) is 25.0 Å². The zero-order valence-corrected chi connectivity index (χ0v) is 10.7. The van der Waals surface area contributed by atoms with E-state index in [0.29, 0.717) is 11.6 Å². The lowest BCUT2D eigenvalue weighted by molar-refractivity contribution is -0.141. The first-order chi connectivity index (χ1) is 8.50. The van der Waals surface area contributed by atoms with E-state index in [0.717, 1.165) is 5.56 Å². The number of benzene rings is 1. The number of carbonyl (C=O) groups is 2. The Kier molecular flexibility index (Phi) is 5.61. The quantitative estimate of drug-likeness (QED) is 0.721. The molecule has 0 aliphatic heterocycles. The second-order valence-electron chi connectivity index (χ2n) is 3.81. The van der Waals surface area contributed by atoms with E-state index in [1.165, 1.54) is 6.92 Å². The fraction of sp³-hybridized carbons (Fsp3) is 0.333. The van der Waals surface area contributed by atoms with Gasteiger partial charge in [0.1, 0.15) is 6.04 Å². The van der Waals surface area contributed by atoms with Crippen molar-refractivity contribution in [1.29, 1.82) is 0 Å². The molecule has 5 nitrogen and oxygen atoms in total. The fourth-order valence-electron chi connectivity index (χ4n) is 1.44. The number of halogens is 1. The smallest absolute Gasteiger partial charge is 0.327 e. The lowest BCUT2D eigenvalue weighted by Gasteiger charge is -2.14. The highest BCUT2D eigenvalue weighted by molar-refractivity contribution is 6.31. The van der Waals surface area contributed by atoms with Crippen LogP contribution in [0.5, 0.6) is 0 Å². The average Bonchev–Trinajstić information content (AvgIpc) is 2.29. The molecule has 0 saturated heterocycles. The number of carboxylic acids is 1. The second-order valence-corrected chi connectivity index (χ2v) is 4.22. The Morgan fingerprint density at radius 2 is 2.06 bits per heavy atom. The van der Waals surface area contributed by atoms with E-state index >= 15 is 0 Å². The molecule has 98 valence electrons. The molecule has 0 radical (unpaired) electrons. The summed E-state index contributed by atoms with van der Waals surface area (Å²) in [6, 6.07) is 6.35. The number of carboxylic acid groups (broad SMARTS) is 1. The molecule has 0 fully saturated rings. The number of hydrogen-bond donors (Lipinski definition) is 3. The van der Waals surface area contributed by atoms with Gasteiger partial charge in [-0.05, 0) is 11.6 Å². The van der Waals surface area contributed by atoms with Crippen molar-refractivity contribution in [2.45, 2.75) is 19.5 Å². The van der Waals surface area contributed by atoms with Crippen LogP contribution in [0.3, 0.4) is 0 Å². The molecule has 1 unspecified atom stereocenters. The third-order valence-electron chi connectivity index (χ3n) is 2.30. The number of nitrogens with one attached hydrogen (secondary N) is 2. The van der Waals surface area contributed by atoms with Gasteiger partial charge in [-0.3, -0.25) is 4.79 Å². The van der Waals surface area contributed by atoms with Crippen LogP contribution < -0.4 is 10.6 Å². The van der Waals surface area contributed by atoms with Gasteiger partial charge in [-0.1, -0.05) is 29.8 Å². The molecule has 1 aromatic carbocycles. The van der Waals surface area contributed by atoms with Crippen LogP contribution >= 0.6 is 11.6 Å². The Labute approximate surface area is 110 Å². The molecule has 18 heavy (non-hydrogen) atoms. The van der Waals surface area contributed by atoms with Crippen LogP contribution in [0.2, 0.25) is 5.02 Å². The van der Waals surface area contributed by atoms with Crippen molar-refractivity contribution in [3.63, 3.8) is 0 Å². The molecular weight excluding hydrogens is 256 g/mol. The van der Waals surface area contributed by atoms with Crippen molar-refractivity contribution < 1.29 is 14.7 Å². The summed E-state index contributed by atoms with van der Waals surface area (Å²) in [4.78, 5) is 21.7. The third-order valence-corrected chi connectivity index (χ3v) is 2.67. The Hall–Kier alpha value is -1.59. The van der Waals surface area contributed by atoms with Gasteiger partial charge in [0.05, 0.1) is 0 Å². The highest BCUT2D eigenvalue weighted by Gasteiger charge is 2.17. The van der Waals surface area contributed by atoms with E-state index in [1.807, 2.05) is 18.2 Å². The first kappa shape index (κ1) is 14.5. The number of amides is 1. The molecule has 0 aliphatic carbocycles. The summed E-state index contributed by atoms with van der Waals surface area (Å²) in [6.07, 6.45) is 0. The zero-order chi connectivity index (χ0) is 13.5. The van der Waals surface area contributed by atoms with Gasteiger partial charge in [0.2, 0.25) is 5.91 Å². The Bertz CT molecular complexity index is 437. The molecule has 6 heteroatoms. The molecule has 0 aliphatic rings. The van der Waals surface area contributed by atoms with Gasteiger partial charge < -0.3 is 15.7 Å². The summed E-state index contributed by atoms with van der Waals surface area (Å²) in [6.45, 7) is 1.87. The predicted octanol–water partition coefficient (Wildman–Crippen LogP) is 1.02. The first-order valence-electron chi connectivity index (χ1n) is 5.44. The molecular formula is C12H15ClN2O3. The maximum absolute atomic E-state index is 10.9. The SMILES string of the molecule is CC(=O)NC(CNCc1ccccc1Cl)C(=O)O. The van der Waals surface area contributed by atoms with Crippen LogP contribution in [0.4, 0.5) is 0 Å². The summed E-state index contributed by atoms with van der Waals surface area (Å²) >= 11 is 5.96. The molecule has 0 heterocycles. The molecule has 1 atom stereocenters. The van der Waals surface area contributed by atoms with Crippen LogP contribution in [0.1, 0.15) is 12.5 Å². The van der Waals surface area contributed by atoms with Crippen molar-refractivity contribution in [3.8, 4) is 0 Å². The third kappa shape index (κ3) is 4.73. The van der Waals surface area contributed by atoms with E-state index in [-0.39, 0.29) is 12.5 Å². The minimum atomic E-state index is -1.07. The maximum Gasteiger partial charge on any atom is 0.327 e. The largest absolute Gasteiger partial charge is 0.480 e. The van der Waals surface area contributed by atoms with E-state index in [4.69, 9.17) is 16.7 Å².